The Labute approximate surface area is 212 Å². The Morgan fingerprint density at radius 2 is 1.03 bits per heavy atom. The minimum absolute atomic E-state index is 0.150. The zero-order valence-corrected chi connectivity index (χ0v) is 23.7. The third-order valence-electron chi connectivity index (χ3n) is 8.45. The number of hydrogen-bond acceptors (Lipinski definition) is 6. The van der Waals surface area contributed by atoms with Crippen molar-refractivity contribution in [3.8, 4) is 0 Å². The molecule has 0 aromatic carbocycles. The molecule has 2 rings (SSSR count). The summed E-state index contributed by atoms with van der Waals surface area (Å²) in [5.41, 5.74) is -0.602. The molecule has 8 heteroatoms. The first-order valence-corrected chi connectivity index (χ1v) is 13.0. The molecule has 35 heavy (non-hydrogen) atoms. The molecule has 0 atom stereocenters. The van der Waals surface area contributed by atoms with Gasteiger partial charge in [0.1, 0.15) is 0 Å². The lowest BCUT2D eigenvalue weighted by atomic mass is 9.61. The third kappa shape index (κ3) is 6.56. The molecule has 2 N–H and O–H groups in total. The summed E-state index contributed by atoms with van der Waals surface area (Å²) in [7, 11) is 3.48. The highest BCUT2D eigenvalue weighted by Crippen LogP contribution is 2.52. The number of rotatable bonds is 10. The topological polar surface area (TPSA) is 99.5 Å². The van der Waals surface area contributed by atoms with E-state index in [0.717, 1.165) is 32.1 Å². The maximum Gasteiger partial charge on any atom is 0.317 e. The zero-order valence-electron chi connectivity index (χ0n) is 23.7. The lowest BCUT2D eigenvalue weighted by molar-refractivity contribution is -0.285. The van der Waals surface area contributed by atoms with Crippen LogP contribution in [0.25, 0.3) is 0 Å². The normalized spacial score (nSPS) is 25.3. The van der Waals surface area contributed by atoms with Gasteiger partial charge in [0.2, 0.25) is 0 Å². The average Bonchev–Trinajstić information content (AvgIpc) is 2.63. The third-order valence-corrected chi connectivity index (χ3v) is 8.45. The first kappa shape index (κ1) is 30.0. The van der Waals surface area contributed by atoms with Crippen molar-refractivity contribution < 1.29 is 29.5 Å². The van der Waals surface area contributed by atoms with Gasteiger partial charge in [0.15, 0.2) is 5.92 Å². The van der Waals surface area contributed by atoms with E-state index in [4.69, 9.17) is 9.68 Å². The molecular weight excluding hydrogens is 448 g/mol. The monoisotopic (exact) mass is 498 g/mol. The fourth-order valence-corrected chi connectivity index (χ4v) is 8.04. The number of carbonyl (C=O) groups is 2. The molecular formula is C27H50N2O6. The fraction of sp³-hybridized carbons (Fsp3) is 0.926. The lowest BCUT2D eigenvalue weighted by Crippen LogP contribution is -2.63. The van der Waals surface area contributed by atoms with Gasteiger partial charge in [-0.1, -0.05) is 6.42 Å². The van der Waals surface area contributed by atoms with E-state index in [1.54, 1.807) is 14.2 Å². The Kier molecular flexibility index (Phi) is 9.12. The van der Waals surface area contributed by atoms with Crippen molar-refractivity contribution in [2.24, 2.45) is 23.7 Å². The molecule has 0 saturated carbocycles. The molecule has 2 saturated heterocycles. The van der Waals surface area contributed by atoms with Gasteiger partial charge in [-0.05, 0) is 112 Å². The molecule has 0 aromatic heterocycles. The van der Waals surface area contributed by atoms with Crippen molar-refractivity contribution in [1.29, 1.82) is 0 Å². The van der Waals surface area contributed by atoms with E-state index in [-0.39, 0.29) is 28.6 Å². The first-order chi connectivity index (χ1) is 15.9. The van der Waals surface area contributed by atoms with E-state index in [0.29, 0.717) is 24.2 Å². The van der Waals surface area contributed by atoms with Crippen LogP contribution >= 0.6 is 0 Å². The number of carboxylic acid groups (broad SMARTS) is 2. The van der Waals surface area contributed by atoms with Crippen molar-refractivity contribution in [3.05, 3.63) is 0 Å². The number of piperidine rings is 2. The smallest absolute Gasteiger partial charge is 0.317 e. The Balaban J connectivity index is 2.38. The van der Waals surface area contributed by atoms with Crippen LogP contribution in [0.4, 0.5) is 0 Å². The molecule has 2 aliphatic rings. The van der Waals surface area contributed by atoms with Gasteiger partial charge in [0.05, 0.1) is 14.2 Å². The summed E-state index contributed by atoms with van der Waals surface area (Å²) < 4.78 is 0. The highest BCUT2D eigenvalue weighted by Gasteiger charge is 2.52. The Morgan fingerprint density at radius 3 is 1.29 bits per heavy atom. The van der Waals surface area contributed by atoms with E-state index < -0.39 is 17.9 Å². The van der Waals surface area contributed by atoms with Crippen molar-refractivity contribution in [1.82, 2.24) is 10.1 Å². The summed E-state index contributed by atoms with van der Waals surface area (Å²) in [5, 5.41) is 23.0. The van der Waals surface area contributed by atoms with Gasteiger partial charge in [-0.15, -0.1) is 0 Å². The van der Waals surface area contributed by atoms with Crippen molar-refractivity contribution in [3.63, 3.8) is 0 Å². The fourth-order valence-electron chi connectivity index (χ4n) is 8.04. The maximum absolute atomic E-state index is 11.5. The molecule has 204 valence electrons. The van der Waals surface area contributed by atoms with Gasteiger partial charge < -0.3 is 19.9 Å². The second-order valence-corrected chi connectivity index (χ2v) is 13.4. The molecule has 0 aliphatic carbocycles. The molecule has 2 heterocycles. The van der Waals surface area contributed by atoms with Crippen LogP contribution in [0.2, 0.25) is 0 Å². The standard InChI is InChI=1S/C27H50N2O6/c1-24(2)14-18(15-25(3,4)28(24)34-9)20(12-11-13-21(22(30)31)23(32)33)19-16-26(5,6)29(35-10)27(7,8)17-19/h18-21H,11-17H2,1-10H3,(H,30,31)(H,32,33). The second-order valence-electron chi connectivity index (χ2n) is 13.4. The number of carboxylic acids is 2. The maximum atomic E-state index is 11.5. The molecule has 2 aliphatic heterocycles. The van der Waals surface area contributed by atoms with E-state index in [1.165, 1.54) is 0 Å². The molecule has 0 bridgehead atoms. The minimum Gasteiger partial charge on any atom is -0.481 e. The van der Waals surface area contributed by atoms with Gasteiger partial charge in [0, 0.05) is 22.2 Å². The minimum atomic E-state index is -1.35. The lowest BCUT2D eigenvalue weighted by Gasteiger charge is -2.58. The highest BCUT2D eigenvalue weighted by atomic mass is 16.7. The van der Waals surface area contributed by atoms with E-state index in [1.807, 2.05) is 0 Å². The predicted octanol–water partition coefficient (Wildman–Crippen LogP) is 5.22. The summed E-state index contributed by atoms with van der Waals surface area (Å²) in [5.74, 6) is -2.65. The Morgan fingerprint density at radius 1 is 0.714 bits per heavy atom. The molecule has 8 nitrogen and oxygen atoms in total. The van der Waals surface area contributed by atoms with E-state index >= 15 is 0 Å². The van der Waals surface area contributed by atoms with Crippen LogP contribution < -0.4 is 0 Å². The van der Waals surface area contributed by atoms with Gasteiger partial charge in [-0.3, -0.25) is 9.59 Å². The van der Waals surface area contributed by atoms with E-state index in [9.17, 15) is 19.8 Å². The predicted molar refractivity (Wildman–Crippen MR) is 136 cm³/mol. The van der Waals surface area contributed by atoms with Gasteiger partial charge in [-0.2, -0.15) is 10.1 Å². The molecule has 2 fully saturated rings. The molecule has 0 spiro atoms. The average molecular weight is 499 g/mol. The van der Waals surface area contributed by atoms with Crippen LogP contribution in [0.15, 0.2) is 0 Å². The molecule has 0 unspecified atom stereocenters. The van der Waals surface area contributed by atoms with Crippen LogP contribution in [-0.4, -0.2) is 68.7 Å². The van der Waals surface area contributed by atoms with Crippen LogP contribution in [0.3, 0.4) is 0 Å². The highest BCUT2D eigenvalue weighted by molar-refractivity contribution is 5.92. The van der Waals surface area contributed by atoms with Crippen molar-refractivity contribution in [2.75, 3.05) is 14.2 Å². The first-order valence-electron chi connectivity index (χ1n) is 13.0. The Bertz CT molecular complexity index is 669. The summed E-state index contributed by atoms with van der Waals surface area (Å²) in [6.45, 7) is 17.8. The summed E-state index contributed by atoms with van der Waals surface area (Å²) >= 11 is 0. The number of hydrogen-bond donors (Lipinski definition) is 2. The Hall–Kier alpha value is -1.22. The SMILES string of the molecule is CON1C(C)(C)CC(C(CCCC(C(=O)O)C(=O)O)C2CC(C)(C)N(OC)C(C)(C)C2)CC1(C)C. The zero-order chi connectivity index (χ0) is 27.0. The van der Waals surface area contributed by atoms with Crippen molar-refractivity contribution >= 4 is 11.9 Å². The second kappa shape index (κ2) is 10.6. The number of hydroxylamine groups is 4. The quantitative estimate of drug-likeness (QED) is 0.396. The van der Waals surface area contributed by atoms with Gasteiger partial charge >= 0.3 is 11.9 Å². The van der Waals surface area contributed by atoms with Crippen LogP contribution in [0.5, 0.6) is 0 Å². The largest absolute Gasteiger partial charge is 0.481 e. The summed E-state index contributed by atoms with van der Waals surface area (Å²) in [4.78, 5) is 34.6. The van der Waals surface area contributed by atoms with Crippen LogP contribution in [0.1, 0.15) is 100 Å². The van der Waals surface area contributed by atoms with Crippen LogP contribution in [-0.2, 0) is 19.3 Å². The van der Waals surface area contributed by atoms with Gasteiger partial charge in [-0.25, -0.2) is 0 Å². The molecule has 0 aromatic rings. The van der Waals surface area contributed by atoms with Crippen LogP contribution in [0, 0.1) is 23.7 Å². The molecule has 0 radical (unpaired) electrons. The summed E-state index contributed by atoms with van der Waals surface area (Å²) in [6.07, 6.45) is 5.47. The number of aliphatic carboxylic acids is 2. The molecule has 0 amide bonds. The van der Waals surface area contributed by atoms with E-state index in [2.05, 4.69) is 65.5 Å². The summed E-state index contributed by atoms with van der Waals surface area (Å²) in [6, 6.07) is 0. The van der Waals surface area contributed by atoms with Gasteiger partial charge in [0.25, 0.3) is 0 Å². The van der Waals surface area contributed by atoms with Crippen molar-refractivity contribution in [2.45, 2.75) is 122 Å². The number of nitrogens with zero attached hydrogens (tertiary/aromatic N) is 2.